The lowest BCUT2D eigenvalue weighted by Crippen LogP contribution is -2.50. The van der Waals surface area contributed by atoms with E-state index >= 15 is 0 Å². The molecule has 0 radical (unpaired) electrons. The average Bonchev–Trinajstić information content (AvgIpc) is 2.25. The summed E-state index contributed by atoms with van der Waals surface area (Å²) in [5.41, 5.74) is -0.408. The van der Waals surface area contributed by atoms with E-state index in [0.29, 0.717) is 25.4 Å². The second-order valence-corrected chi connectivity index (χ2v) is 7.07. The van der Waals surface area contributed by atoms with Crippen LogP contribution in [0.15, 0.2) is 0 Å². The normalized spacial score (nSPS) is 24.6. The third-order valence-electron chi connectivity index (χ3n) is 3.79. The van der Waals surface area contributed by atoms with E-state index in [0.717, 1.165) is 6.42 Å². The molecule has 0 aromatic carbocycles. The standard InChI is InChI=1S/C15H27NO3/c1-10(2)7-15(4,5)14(19)16-8-11(3)6-12(9-16)13(17)18/h10-12H,6-9H2,1-5H3,(H,17,18). The van der Waals surface area contributed by atoms with Gasteiger partial charge in [-0.05, 0) is 24.7 Å². The molecule has 1 aliphatic rings. The molecule has 19 heavy (non-hydrogen) atoms. The molecule has 0 bridgehead atoms. The number of piperidine rings is 1. The van der Waals surface area contributed by atoms with Gasteiger partial charge in [0.15, 0.2) is 0 Å². The summed E-state index contributed by atoms with van der Waals surface area (Å²) in [5, 5.41) is 9.17. The van der Waals surface area contributed by atoms with Crippen molar-refractivity contribution in [3.63, 3.8) is 0 Å². The molecule has 1 fully saturated rings. The monoisotopic (exact) mass is 269 g/mol. The van der Waals surface area contributed by atoms with Crippen LogP contribution < -0.4 is 0 Å². The van der Waals surface area contributed by atoms with Crippen LogP contribution in [0.1, 0.15) is 47.5 Å². The summed E-state index contributed by atoms with van der Waals surface area (Å²) in [7, 11) is 0. The number of carboxylic acids is 1. The molecule has 2 atom stereocenters. The Labute approximate surface area is 116 Å². The largest absolute Gasteiger partial charge is 0.481 e. The lowest BCUT2D eigenvalue weighted by molar-refractivity contribution is -0.150. The van der Waals surface area contributed by atoms with Crippen molar-refractivity contribution in [2.45, 2.75) is 47.5 Å². The Balaban J connectivity index is 2.78. The van der Waals surface area contributed by atoms with E-state index in [9.17, 15) is 9.59 Å². The first kappa shape index (κ1) is 16.0. The molecule has 0 saturated carbocycles. The summed E-state index contributed by atoms with van der Waals surface area (Å²) in [6.45, 7) is 11.2. The van der Waals surface area contributed by atoms with E-state index in [-0.39, 0.29) is 11.8 Å². The Kier molecular flexibility index (Phi) is 4.99. The summed E-state index contributed by atoms with van der Waals surface area (Å²) in [6, 6.07) is 0. The third-order valence-corrected chi connectivity index (χ3v) is 3.79. The number of amides is 1. The van der Waals surface area contributed by atoms with E-state index in [2.05, 4.69) is 13.8 Å². The van der Waals surface area contributed by atoms with Crippen molar-refractivity contribution in [2.75, 3.05) is 13.1 Å². The minimum atomic E-state index is -0.786. The fourth-order valence-corrected chi connectivity index (χ4v) is 3.23. The van der Waals surface area contributed by atoms with Gasteiger partial charge in [0, 0.05) is 18.5 Å². The Bertz CT molecular complexity index is 349. The Hall–Kier alpha value is -1.06. The predicted molar refractivity (Wildman–Crippen MR) is 74.7 cm³/mol. The van der Waals surface area contributed by atoms with Crippen LogP contribution in [0.3, 0.4) is 0 Å². The number of nitrogens with zero attached hydrogens (tertiary/aromatic N) is 1. The van der Waals surface area contributed by atoms with Gasteiger partial charge in [-0.15, -0.1) is 0 Å². The molecule has 0 spiro atoms. The second kappa shape index (κ2) is 5.93. The first-order chi connectivity index (χ1) is 8.63. The number of rotatable bonds is 4. The highest BCUT2D eigenvalue weighted by atomic mass is 16.4. The molecule has 0 aromatic heterocycles. The molecule has 2 unspecified atom stereocenters. The summed E-state index contributed by atoms with van der Waals surface area (Å²) in [4.78, 5) is 25.5. The van der Waals surface area contributed by atoms with Crippen LogP contribution in [0.2, 0.25) is 0 Å². The van der Waals surface area contributed by atoms with Crippen LogP contribution >= 0.6 is 0 Å². The Morgan fingerprint density at radius 1 is 1.32 bits per heavy atom. The summed E-state index contributed by atoms with van der Waals surface area (Å²) in [5.74, 6) is -0.391. The van der Waals surface area contributed by atoms with Crippen LogP contribution in [-0.4, -0.2) is 35.0 Å². The summed E-state index contributed by atoms with van der Waals surface area (Å²) in [6.07, 6.45) is 1.50. The third kappa shape index (κ3) is 4.22. The first-order valence-electron chi connectivity index (χ1n) is 7.15. The molecule has 0 aliphatic carbocycles. The van der Waals surface area contributed by atoms with Gasteiger partial charge in [-0.2, -0.15) is 0 Å². The fraction of sp³-hybridized carbons (Fsp3) is 0.867. The zero-order valence-corrected chi connectivity index (χ0v) is 12.8. The maximum Gasteiger partial charge on any atom is 0.308 e. The number of carbonyl (C=O) groups is 2. The molecule has 1 rings (SSSR count). The van der Waals surface area contributed by atoms with Crippen LogP contribution in [-0.2, 0) is 9.59 Å². The van der Waals surface area contributed by atoms with Crippen molar-refractivity contribution in [2.24, 2.45) is 23.2 Å². The first-order valence-corrected chi connectivity index (χ1v) is 7.15. The van der Waals surface area contributed by atoms with Gasteiger partial charge in [0.1, 0.15) is 0 Å². The van der Waals surface area contributed by atoms with Crippen molar-refractivity contribution in [3.8, 4) is 0 Å². The van der Waals surface area contributed by atoms with Crippen LogP contribution in [0.5, 0.6) is 0 Å². The van der Waals surface area contributed by atoms with Gasteiger partial charge in [-0.25, -0.2) is 0 Å². The smallest absolute Gasteiger partial charge is 0.308 e. The number of hydrogen-bond acceptors (Lipinski definition) is 2. The molecule has 110 valence electrons. The fourth-order valence-electron chi connectivity index (χ4n) is 3.23. The molecule has 0 aromatic rings. The number of aliphatic carboxylic acids is 1. The van der Waals surface area contributed by atoms with Crippen LogP contribution in [0.25, 0.3) is 0 Å². The molecule has 1 aliphatic heterocycles. The molecular formula is C15H27NO3. The molecule has 4 nitrogen and oxygen atoms in total. The lowest BCUT2D eigenvalue weighted by atomic mass is 9.81. The maximum atomic E-state index is 12.6. The van der Waals surface area contributed by atoms with Gasteiger partial charge < -0.3 is 10.0 Å². The molecular weight excluding hydrogens is 242 g/mol. The number of hydrogen-bond donors (Lipinski definition) is 1. The van der Waals surface area contributed by atoms with Crippen molar-refractivity contribution >= 4 is 11.9 Å². The van der Waals surface area contributed by atoms with Crippen molar-refractivity contribution in [3.05, 3.63) is 0 Å². The van der Waals surface area contributed by atoms with E-state index in [4.69, 9.17) is 5.11 Å². The lowest BCUT2D eigenvalue weighted by Gasteiger charge is -2.39. The van der Waals surface area contributed by atoms with Gasteiger partial charge in [0.05, 0.1) is 5.92 Å². The Morgan fingerprint density at radius 2 is 1.89 bits per heavy atom. The van der Waals surface area contributed by atoms with Crippen LogP contribution in [0.4, 0.5) is 0 Å². The van der Waals surface area contributed by atoms with E-state index in [1.165, 1.54) is 0 Å². The predicted octanol–water partition coefficient (Wildman–Crippen LogP) is 2.63. The molecule has 4 heteroatoms. The zero-order chi connectivity index (χ0) is 14.8. The molecule has 1 saturated heterocycles. The molecule has 1 heterocycles. The Morgan fingerprint density at radius 3 is 2.37 bits per heavy atom. The van der Waals surface area contributed by atoms with Gasteiger partial charge in [-0.3, -0.25) is 9.59 Å². The minimum absolute atomic E-state index is 0.0963. The van der Waals surface area contributed by atoms with E-state index in [1.54, 1.807) is 4.90 Å². The van der Waals surface area contributed by atoms with Gasteiger partial charge >= 0.3 is 5.97 Å². The minimum Gasteiger partial charge on any atom is -0.481 e. The highest BCUT2D eigenvalue weighted by molar-refractivity contribution is 5.83. The van der Waals surface area contributed by atoms with Gasteiger partial charge in [-0.1, -0.05) is 34.6 Å². The van der Waals surface area contributed by atoms with E-state index in [1.807, 2.05) is 20.8 Å². The second-order valence-electron chi connectivity index (χ2n) is 7.07. The van der Waals surface area contributed by atoms with Crippen molar-refractivity contribution in [1.29, 1.82) is 0 Å². The average molecular weight is 269 g/mol. The highest BCUT2D eigenvalue weighted by Gasteiger charge is 2.38. The van der Waals surface area contributed by atoms with Gasteiger partial charge in [0.25, 0.3) is 0 Å². The number of carbonyl (C=O) groups excluding carboxylic acids is 1. The summed E-state index contributed by atoms with van der Waals surface area (Å²) >= 11 is 0. The highest BCUT2D eigenvalue weighted by Crippen LogP contribution is 2.31. The SMILES string of the molecule is CC(C)CC(C)(C)C(=O)N1CC(C)CC(C(=O)O)C1. The maximum absolute atomic E-state index is 12.6. The number of carboxylic acid groups (broad SMARTS) is 1. The molecule has 1 N–H and O–H groups in total. The summed E-state index contributed by atoms with van der Waals surface area (Å²) < 4.78 is 0. The topological polar surface area (TPSA) is 57.6 Å². The van der Waals surface area contributed by atoms with Crippen LogP contribution in [0, 0.1) is 23.2 Å². The van der Waals surface area contributed by atoms with E-state index < -0.39 is 17.3 Å². The number of likely N-dealkylation sites (tertiary alicyclic amines) is 1. The quantitative estimate of drug-likeness (QED) is 0.853. The molecule has 1 amide bonds. The van der Waals surface area contributed by atoms with Crippen molar-refractivity contribution < 1.29 is 14.7 Å². The van der Waals surface area contributed by atoms with Gasteiger partial charge in [0.2, 0.25) is 5.91 Å². The van der Waals surface area contributed by atoms with Crippen molar-refractivity contribution in [1.82, 2.24) is 4.90 Å². The zero-order valence-electron chi connectivity index (χ0n) is 12.8.